The van der Waals surface area contributed by atoms with Gasteiger partial charge in [0.2, 0.25) is 0 Å². The van der Waals surface area contributed by atoms with E-state index in [9.17, 15) is 14.0 Å². The maximum atomic E-state index is 14.1. The molecule has 7 nitrogen and oxygen atoms in total. The predicted octanol–water partition coefficient (Wildman–Crippen LogP) is 2.04. The van der Waals surface area contributed by atoms with Crippen LogP contribution in [0, 0.1) is 11.7 Å². The van der Waals surface area contributed by atoms with Crippen molar-refractivity contribution in [3.8, 4) is 5.69 Å². The summed E-state index contributed by atoms with van der Waals surface area (Å²) in [6.07, 6.45) is 6.51. The minimum atomic E-state index is -0.800. The fourth-order valence-corrected chi connectivity index (χ4v) is 2.95. The van der Waals surface area contributed by atoms with Crippen molar-refractivity contribution in [1.29, 1.82) is 0 Å². The summed E-state index contributed by atoms with van der Waals surface area (Å²) in [6, 6.07) is 4.14. The van der Waals surface area contributed by atoms with Gasteiger partial charge < -0.3 is 10.6 Å². The Balaban J connectivity index is 1.59. The maximum Gasteiger partial charge on any atom is 0.313 e. The summed E-state index contributed by atoms with van der Waals surface area (Å²) >= 11 is 0. The van der Waals surface area contributed by atoms with Gasteiger partial charge in [0.25, 0.3) is 0 Å². The fraction of sp³-hybridized carbons (Fsp3) is 0.412. The van der Waals surface area contributed by atoms with E-state index in [0.29, 0.717) is 5.92 Å². The van der Waals surface area contributed by atoms with Crippen molar-refractivity contribution in [1.82, 2.24) is 20.1 Å². The summed E-state index contributed by atoms with van der Waals surface area (Å²) in [5.41, 5.74) is 0.412. The largest absolute Gasteiger partial charge is 0.345 e. The van der Waals surface area contributed by atoms with Crippen molar-refractivity contribution in [2.45, 2.75) is 38.6 Å². The van der Waals surface area contributed by atoms with Gasteiger partial charge in [-0.15, -0.1) is 0 Å². The summed E-state index contributed by atoms with van der Waals surface area (Å²) in [7, 11) is 0. The molecule has 1 saturated carbocycles. The van der Waals surface area contributed by atoms with Crippen molar-refractivity contribution in [3.05, 3.63) is 36.7 Å². The Morgan fingerprint density at radius 2 is 1.96 bits per heavy atom. The highest BCUT2D eigenvalue weighted by molar-refractivity contribution is 6.39. The standard InChI is InChI=1S/C17H20FN5O2/c1-11-2-4-12(5-3-11)21-16(24)17(25)22-13-6-7-15(14(18)8-13)23-10-19-9-20-23/h6-12H,2-5H2,1H3,(H,21,24)(H,22,25). The zero-order valence-corrected chi connectivity index (χ0v) is 13.9. The molecule has 132 valence electrons. The summed E-state index contributed by atoms with van der Waals surface area (Å²) < 4.78 is 15.4. The van der Waals surface area contributed by atoms with Crippen LogP contribution in [0.25, 0.3) is 5.69 Å². The molecule has 3 rings (SSSR count). The van der Waals surface area contributed by atoms with Crippen LogP contribution in [0.1, 0.15) is 32.6 Å². The number of halogens is 1. The Morgan fingerprint density at radius 1 is 1.20 bits per heavy atom. The highest BCUT2D eigenvalue weighted by Crippen LogP contribution is 2.23. The highest BCUT2D eigenvalue weighted by Gasteiger charge is 2.23. The minimum Gasteiger partial charge on any atom is -0.345 e. The predicted molar refractivity (Wildman–Crippen MR) is 89.5 cm³/mol. The van der Waals surface area contributed by atoms with Crippen LogP contribution in [0.3, 0.4) is 0 Å². The van der Waals surface area contributed by atoms with Crippen LogP contribution < -0.4 is 10.6 Å². The second-order valence-corrected chi connectivity index (χ2v) is 6.39. The molecule has 1 aromatic carbocycles. The van der Waals surface area contributed by atoms with E-state index in [-0.39, 0.29) is 17.4 Å². The van der Waals surface area contributed by atoms with Crippen molar-refractivity contribution >= 4 is 17.5 Å². The Labute approximate surface area is 144 Å². The summed E-state index contributed by atoms with van der Waals surface area (Å²) in [5, 5.41) is 9.01. The Kier molecular flexibility index (Phi) is 5.06. The third-order valence-electron chi connectivity index (χ3n) is 4.43. The molecule has 0 aliphatic heterocycles. The van der Waals surface area contributed by atoms with E-state index in [2.05, 4.69) is 27.6 Å². The summed E-state index contributed by atoms with van der Waals surface area (Å²) in [4.78, 5) is 27.8. The lowest BCUT2D eigenvalue weighted by atomic mass is 9.87. The van der Waals surface area contributed by atoms with E-state index in [1.165, 1.54) is 29.5 Å². The van der Waals surface area contributed by atoms with E-state index in [4.69, 9.17) is 0 Å². The molecule has 0 saturated heterocycles. The number of anilines is 1. The van der Waals surface area contributed by atoms with Gasteiger partial charge >= 0.3 is 11.8 Å². The lowest BCUT2D eigenvalue weighted by Crippen LogP contribution is -2.43. The van der Waals surface area contributed by atoms with Gasteiger partial charge in [-0.2, -0.15) is 5.10 Å². The first-order valence-electron chi connectivity index (χ1n) is 8.29. The first-order valence-corrected chi connectivity index (χ1v) is 8.29. The van der Waals surface area contributed by atoms with Crippen molar-refractivity contribution in [3.63, 3.8) is 0 Å². The molecular weight excluding hydrogens is 325 g/mol. The third-order valence-corrected chi connectivity index (χ3v) is 4.43. The van der Waals surface area contributed by atoms with Crippen molar-refractivity contribution in [2.75, 3.05) is 5.32 Å². The first-order chi connectivity index (χ1) is 12.0. The van der Waals surface area contributed by atoms with Crippen LogP contribution in [0.4, 0.5) is 10.1 Å². The SMILES string of the molecule is CC1CCC(NC(=O)C(=O)Nc2ccc(-n3cncn3)c(F)c2)CC1. The van der Waals surface area contributed by atoms with Gasteiger partial charge in [-0.3, -0.25) is 9.59 Å². The van der Waals surface area contributed by atoms with Crippen molar-refractivity contribution < 1.29 is 14.0 Å². The molecule has 0 atom stereocenters. The van der Waals surface area contributed by atoms with E-state index >= 15 is 0 Å². The van der Waals surface area contributed by atoms with Crippen LogP contribution >= 0.6 is 0 Å². The molecule has 0 spiro atoms. The van der Waals surface area contributed by atoms with E-state index in [1.807, 2.05) is 0 Å². The number of carbonyl (C=O) groups excluding carboxylic acids is 2. The molecule has 0 bridgehead atoms. The number of nitrogens with one attached hydrogen (secondary N) is 2. The van der Waals surface area contributed by atoms with Gasteiger partial charge in [0.15, 0.2) is 5.82 Å². The summed E-state index contributed by atoms with van der Waals surface area (Å²) in [5.74, 6) is -1.41. The third kappa shape index (κ3) is 4.20. The quantitative estimate of drug-likeness (QED) is 0.833. The van der Waals surface area contributed by atoms with Gasteiger partial charge in [0.05, 0.1) is 0 Å². The second kappa shape index (κ2) is 7.42. The molecule has 1 aliphatic rings. The second-order valence-electron chi connectivity index (χ2n) is 6.39. The molecule has 1 aliphatic carbocycles. The number of carbonyl (C=O) groups is 2. The van der Waals surface area contributed by atoms with E-state index in [0.717, 1.165) is 31.7 Å². The number of rotatable bonds is 3. The molecule has 2 aromatic rings. The molecule has 8 heteroatoms. The molecular formula is C17H20FN5O2. The Hall–Kier alpha value is -2.77. The lowest BCUT2D eigenvalue weighted by molar-refractivity contribution is -0.136. The van der Waals surface area contributed by atoms with Gasteiger partial charge in [0.1, 0.15) is 18.3 Å². The normalized spacial score (nSPS) is 20.1. The molecule has 1 aromatic heterocycles. The minimum absolute atomic E-state index is 0.0286. The molecule has 2 N–H and O–H groups in total. The fourth-order valence-electron chi connectivity index (χ4n) is 2.95. The lowest BCUT2D eigenvalue weighted by Gasteiger charge is -2.26. The van der Waals surface area contributed by atoms with Crippen LogP contribution in [-0.2, 0) is 9.59 Å². The average Bonchev–Trinajstić information content (AvgIpc) is 3.11. The monoisotopic (exact) mass is 345 g/mol. The van der Waals surface area contributed by atoms with Gasteiger partial charge in [-0.05, 0) is 49.8 Å². The topological polar surface area (TPSA) is 88.9 Å². The molecule has 0 unspecified atom stereocenters. The van der Waals surface area contributed by atoms with Crippen LogP contribution in [0.5, 0.6) is 0 Å². The van der Waals surface area contributed by atoms with Gasteiger partial charge in [0, 0.05) is 11.7 Å². The zero-order valence-electron chi connectivity index (χ0n) is 13.9. The average molecular weight is 345 g/mol. The number of hydrogen-bond donors (Lipinski definition) is 2. The summed E-state index contributed by atoms with van der Waals surface area (Å²) in [6.45, 7) is 2.18. The Morgan fingerprint density at radius 3 is 2.60 bits per heavy atom. The maximum absolute atomic E-state index is 14.1. The smallest absolute Gasteiger partial charge is 0.313 e. The van der Waals surface area contributed by atoms with Gasteiger partial charge in [-0.25, -0.2) is 14.1 Å². The molecule has 25 heavy (non-hydrogen) atoms. The van der Waals surface area contributed by atoms with Gasteiger partial charge in [-0.1, -0.05) is 6.92 Å². The van der Waals surface area contributed by atoms with Crippen LogP contribution in [0.2, 0.25) is 0 Å². The Bertz CT molecular complexity index is 754. The number of amides is 2. The number of nitrogens with zero attached hydrogens (tertiary/aromatic N) is 3. The number of aromatic nitrogens is 3. The molecule has 1 heterocycles. The highest BCUT2D eigenvalue weighted by atomic mass is 19.1. The van der Waals surface area contributed by atoms with E-state index in [1.54, 1.807) is 0 Å². The molecule has 1 fully saturated rings. The van der Waals surface area contributed by atoms with Crippen molar-refractivity contribution in [2.24, 2.45) is 5.92 Å². The van der Waals surface area contributed by atoms with Crippen LogP contribution in [0.15, 0.2) is 30.9 Å². The molecule has 0 radical (unpaired) electrons. The van der Waals surface area contributed by atoms with Crippen LogP contribution in [-0.4, -0.2) is 32.6 Å². The first kappa shape index (κ1) is 17.1. The number of benzene rings is 1. The van der Waals surface area contributed by atoms with E-state index < -0.39 is 17.6 Å². The number of hydrogen-bond acceptors (Lipinski definition) is 4. The zero-order chi connectivity index (χ0) is 17.8. The molecule has 2 amide bonds.